The van der Waals surface area contributed by atoms with Gasteiger partial charge >= 0.3 is 5.97 Å². The van der Waals surface area contributed by atoms with E-state index in [-0.39, 0.29) is 31.4 Å². The number of hydrogen-bond donors (Lipinski definition) is 0. The molecule has 0 saturated carbocycles. The lowest BCUT2D eigenvalue weighted by Crippen LogP contribution is -2.52. The molecule has 2 amide bonds. The van der Waals surface area contributed by atoms with E-state index < -0.39 is 11.9 Å². The number of amides is 2. The summed E-state index contributed by atoms with van der Waals surface area (Å²) < 4.78 is 11.4. The van der Waals surface area contributed by atoms with Crippen LogP contribution in [-0.4, -0.2) is 78.4 Å². The molecule has 8 heteroatoms. The molecule has 0 aromatic heterocycles. The first-order valence-corrected chi connectivity index (χ1v) is 15.2. The van der Waals surface area contributed by atoms with Gasteiger partial charge in [0.25, 0.3) is 0 Å². The summed E-state index contributed by atoms with van der Waals surface area (Å²) >= 11 is 0. The minimum Gasteiger partial charge on any atom is -0.463 e. The van der Waals surface area contributed by atoms with E-state index in [2.05, 4.69) is 29.2 Å². The molecule has 1 saturated heterocycles. The standard InChI is InChI=1S/C36H39N3O5/c1-3-43-36(42)35-27(2)39(26-34(41)38-22-20-37(21-23-38)19-11-14-28-12-6-4-7-13-28)33(40)25-32(35)29-15-10-18-31(24-29)44-30-16-8-5-9-17-30/h4-18,24,32H,3,19-23,25-26H2,1-2H3/b14-11+. The van der Waals surface area contributed by atoms with Crippen molar-refractivity contribution in [3.63, 3.8) is 0 Å². The molecule has 2 heterocycles. The maximum atomic E-state index is 13.5. The average molecular weight is 594 g/mol. The van der Waals surface area contributed by atoms with Crippen molar-refractivity contribution in [3.8, 4) is 11.5 Å². The van der Waals surface area contributed by atoms with E-state index in [1.54, 1.807) is 18.7 Å². The van der Waals surface area contributed by atoms with Gasteiger partial charge in [-0.15, -0.1) is 0 Å². The molecule has 2 aliphatic rings. The number of nitrogens with zero attached hydrogens (tertiary/aromatic N) is 3. The zero-order valence-electron chi connectivity index (χ0n) is 25.4. The molecule has 44 heavy (non-hydrogen) atoms. The van der Waals surface area contributed by atoms with Crippen LogP contribution in [0.3, 0.4) is 0 Å². The van der Waals surface area contributed by atoms with Crippen LogP contribution in [0, 0.1) is 0 Å². The Morgan fingerprint density at radius 3 is 2.27 bits per heavy atom. The van der Waals surface area contributed by atoms with Gasteiger partial charge in [-0.1, -0.05) is 72.8 Å². The molecule has 0 spiro atoms. The Hall–Kier alpha value is -4.69. The molecule has 0 N–H and O–H groups in total. The van der Waals surface area contributed by atoms with Gasteiger partial charge in [0.05, 0.1) is 12.2 Å². The minimum absolute atomic E-state index is 0.0507. The van der Waals surface area contributed by atoms with Crippen molar-refractivity contribution in [2.45, 2.75) is 26.2 Å². The van der Waals surface area contributed by atoms with Crippen molar-refractivity contribution in [2.24, 2.45) is 0 Å². The maximum absolute atomic E-state index is 13.5. The summed E-state index contributed by atoms with van der Waals surface area (Å²) in [6.07, 6.45) is 4.30. The first-order chi connectivity index (χ1) is 21.4. The van der Waals surface area contributed by atoms with Crippen molar-refractivity contribution in [1.29, 1.82) is 0 Å². The second kappa shape index (κ2) is 14.7. The van der Waals surface area contributed by atoms with Crippen LogP contribution in [0.1, 0.15) is 37.3 Å². The Kier molecular flexibility index (Phi) is 10.2. The van der Waals surface area contributed by atoms with Crippen LogP contribution in [-0.2, 0) is 19.1 Å². The van der Waals surface area contributed by atoms with Gasteiger partial charge < -0.3 is 19.3 Å². The van der Waals surface area contributed by atoms with Crippen molar-refractivity contribution in [1.82, 2.24) is 14.7 Å². The number of carbonyl (C=O) groups is 3. The van der Waals surface area contributed by atoms with Crippen LogP contribution < -0.4 is 4.74 Å². The molecule has 228 valence electrons. The molecule has 0 aliphatic carbocycles. The average Bonchev–Trinajstić information content (AvgIpc) is 3.04. The number of benzene rings is 3. The maximum Gasteiger partial charge on any atom is 0.336 e. The predicted octanol–water partition coefficient (Wildman–Crippen LogP) is 5.49. The Balaban J connectivity index is 1.26. The van der Waals surface area contributed by atoms with E-state index in [1.165, 1.54) is 4.90 Å². The second-order valence-corrected chi connectivity index (χ2v) is 10.9. The molecule has 0 radical (unpaired) electrons. The lowest BCUT2D eigenvalue weighted by molar-refractivity contribution is -0.143. The van der Waals surface area contributed by atoms with E-state index >= 15 is 0 Å². The minimum atomic E-state index is -0.514. The topological polar surface area (TPSA) is 79.4 Å². The van der Waals surface area contributed by atoms with E-state index in [0.29, 0.717) is 35.9 Å². The highest BCUT2D eigenvalue weighted by molar-refractivity contribution is 5.97. The Labute approximate surface area is 259 Å². The fraction of sp³-hybridized carbons (Fsp3) is 0.306. The number of para-hydroxylation sites is 1. The molecule has 0 bridgehead atoms. The third-order valence-electron chi connectivity index (χ3n) is 8.05. The lowest BCUT2D eigenvalue weighted by atomic mass is 9.83. The smallest absolute Gasteiger partial charge is 0.336 e. The number of ether oxygens (including phenoxy) is 2. The molecular formula is C36H39N3O5. The van der Waals surface area contributed by atoms with Crippen molar-refractivity contribution < 1.29 is 23.9 Å². The van der Waals surface area contributed by atoms with Gasteiger partial charge in [-0.2, -0.15) is 0 Å². The van der Waals surface area contributed by atoms with Crippen LogP contribution in [0.25, 0.3) is 6.08 Å². The summed E-state index contributed by atoms with van der Waals surface area (Å²) in [5.41, 5.74) is 2.79. The molecule has 3 aromatic carbocycles. The van der Waals surface area contributed by atoms with E-state index in [9.17, 15) is 14.4 Å². The number of carbonyl (C=O) groups excluding carboxylic acids is 3. The van der Waals surface area contributed by atoms with Gasteiger partial charge in [0, 0.05) is 50.8 Å². The molecule has 2 aliphatic heterocycles. The molecule has 1 atom stereocenters. The molecule has 1 unspecified atom stereocenters. The van der Waals surface area contributed by atoms with Gasteiger partial charge in [0.1, 0.15) is 18.0 Å². The van der Waals surface area contributed by atoms with Crippen molar-refractivity contribution >= 4 is 23.9 Å². The quantitative estimate of drug-likeness (QED) is 0.290. The van der Waals surface area contributed by atoms with E-state index in [4.69, 9.17) is 9.47 Å². The van der Waals surface area contributed by atoms with Crippen LogP contribution >= 0.6 is 0 Å². The molecule has 8 nitrogen and oxygen atoms in total. The molecule has 3 aromatic rings. The van der Waals surface area contributed by atoms with Gasteiger partial charge in [-0.3, -0.25) is 14.5 Å². The van der Waals surface area contributed by atoms with Gasteiger partial charge in [-0.05, 0) is 49.2 Å². The van der Waals surface area contributed by atoms with E-state index in [0.717, 1.165) is 30.8 Å². The highest BCUT2D eigenvalue weighted by atomic mass is 16.5. The van der Waals surface area contributed by atoms with Gasteiger partial charge in [-0.25, -0.2) is 4.79 Å². The van der Waals surface area contributed by atoms with Crippen LogP contribution in [0.2, 0.25) is 0 Å². The summed E-state index contributed by atoms with van der Waals surface area (Å²) in [5.74, 6) is -0.0264. The summed E-state index contributed by atoms with van der Waals surface area (Å²) in [6.45, 7) is 7.08. The Bertz CT molecular complexity index is 1510. The highest BCUT2D eigenvalue weighted by Gasteiger charge is 2.38. The first kappa shape index (κ1) is 30.8. The summed E-state index contributed by atoms with van der Waals surface area (Å²) in [6, 6.07) is 27.0. The Morgan fingerprint density at radius 2 is 1.57 bits per heavy atom. The number of piperazine rings is 1. The first-order valence-electron chi connectivity index (χ1n) is 15.2. The summed E-state index contributed by atoms with van der Waals surface area (Å²) in [7, 11) is 0. The number of allylic oxidation sites excluding steroid dienone is 1. The molecule has 5 rings (SSSR count). The normalized spacial score (nSPS) is 17.7. The summed E-state index contributed by atoms with van der Waals surface area (Å²) in [5, 5.41) is 0. The van der Waals surface area contributed by atoms with Crippen LogP contribution in [0.4, 0.5) is 0 Å². The number of rotatable bonds is 10. The fourth-order valence-corrected chi connectivity index (χ4v) is 5.70. The Morgan fingerprint density at radius 1 is 0.886 bits per heavy atom. The van der Waals surface area contributed by atoms with E-state index in [1.807, 2.05) is 72.8 Å². The third kappa shape index (κ3) is 7.63. The number of hydrogen-bond acceptors (Lipinski definition) is 6. The highest BCUT2D eigenvalue weighted by Crippen LogP contribution is 2.38. The number of esters is 1. The zero-order valence-corrected chi connectivity index (χ0v) is 25.4. The predicted molar refractivity (Wildman–Crippen MR) is 170 cm³/mol. The fourth-order valence-electron chi connectivity index (χ4n) is 5.70. The van der Waals surface area contributed by atoms with Crippen LogP contribution in [0.5, 0.6) is 11.5 Å². The van der Waals surface area contributed by atoms with Crippen molar-refractivity contribution in [3.05, 3.63) is 113 Å². The van der Waals surface area contributed by atoms with Crippen LogP contribution in [0.15, 0.2) is 102 Å². The van der Waals surface area contributed by atoms with Gasteiger partial charge in [0.15, 0.2) is 0 Å². The third-order valence-corrected chi connectivity index (χ3v) is 8.05. The van der Waals surface area contributed by atoms with Gasteiger partial charge in [0.2, 0.25) is 11.8 Å². The largest absolute Gasteiger partial charge is 0.463 e. The monoisotopic (exact) mass is 593 g/mol. The zero-order chi connectivity index (χ0) is 30.9. The van der Waals surface area contributed by atoms with Crippen molar-refractivity contribution in [2.75, 3.05) is 45.9 Å². The molecule has 1 fully saturated rings. The molecular weight excluding hydrogens is 554 g/mol. The SMILES string of the molecule is CCOC(=O)C1=C(C)N(CC(=O)N2CCN(C/C=C/c3ccccc3)CC2)C(=O)CC1c1cccc(Oc2ccccc2)c1. The second-order valence-electron chi connectivity index (χ2n) is 10.9. The lowest BCUT2D eigenvalue weighted by Gasteiger charge is -2.37. The summed E-state index contributed by atoms with van der Waals surface area (Å²) in [4.78, 5) is 45.7.